The molecule has 3 aromatic carbocycles. The van der Waals surface area contributed by atoms with Gasteiger partial charge in [-0.05, 0) is 86.5 Å². The number of aliphatic hydroxyl groups excluding tert-OH is 1. The largest absolute Gasteiger partial charge is 0.507 e. The summed E-state index contributed by atoms with van der Waals surface area (Å²) in [5.74, 6) is -0.322. The first-order valence-corrected chi connectivity index (χ1v) is 12.2. The summed E-state index contributed by atoms with van der Waals surface area (Å²) in [5, 5.41) is 20.7. The summed E-state index contributed by atoms with van der Waals surface area (Å²) in [5.41, 5.74) is 2.46. The van der Waals surface area contributed by atoms with Crippen LogP contribution in [0.4, 0.5) is 5.69 Å². The Balaban J connectivity index is 1.94. The van der Waals surface area contributed by atoms with Crippen LogP contribution < -0.4 is 19.1 Å². The number of anilines is 1. The average Bonchev–Trinajstić information content (AvgIpc) is 3.19. The van der Waals surface area contributed by atoms with E-state index in [-0.39, 0.29) is 11.3 Å². The third-order valence-corrected chi connectivity index (χ3v) is 6.27. The third-order valence-electron chi connectivity index (χ3n) is 6.27. The van der Waals surface area contributed by atoms with E-state index in [1.165, 1.54) is 12.0 Å². The number of amides is 1. The first-order chi connectivity index (χ1) is 18.3. The topological polar surface area (TPSA) is 109 Å². The van der Waals surface area contributed by atoms with Crippen LogP contribution in [-0.2, 0) is 9.59 Å². The molecule has 1 heterocycles. The van der Waals surface area contributed by atoms with Gasteiger partial charge in [0.15, 0.2) is 11.5 Å². The lowest BCUT2D eigenvalue weighted by molar-refractivity contribution is -0.132. The predicted octanol–water partition coefficient (Wildman–Crippen LogP) is 5.30. The highest BCUT2D eigenvalue weighted by molar-refractivity contribution is 6.51. The van der Waals surface area contributed by atoms with Crippen LogP contribution in [0.1, 0.15) is 42.1 Å². The molecule has 1 fully saturated rings. The normalized spacial score (nSPS) is 16.3. The second kappa shape index (κ2) is 11.1. The van der Waals surface area contributed by atoms with Crippen molar-refractivity contribution in [3.63, 3.8) is 0 Å². The van der Waals surface area contributed by atoms with E-state index in [0.29, 0.717) is 52.8 Å². The Morgan fingerprint density at radius 2 is 1.61 bits per heavy atom. The molecule has 3 aromatic rings. The SMILES string of the molecule is CCOc1ccc(/C(O)=C2/C(=O)C(=O)N(c3ccc(C#N)cc3)C2c2ccc(OC)c(OCC)c2)cc1C. The number of ether oxygens (including phenoxy) is 3. The number of aryl methyl sites for hydroxylation is 1. The molecule has 1 aliphatic heterocycles. The second-order valence-corrected chi connectivity index (χ2v) is 8.58. The van der Waals surface area contributed by atoms with E-state index in [2.05, 4.69) is 0 Å². The molecular formula is C30H28N2O6. The van der Waals surface area contributed by atoms with Gasteiger partial charge in [0.05, 0.1) is 43.6 Å². The van der Waals surface area contributed by atoms with Crippen LogP contribution in [0, 0.1) is 18.3 Å². The molecule has 8 nitrogen and oxygen atoms in total. The maximum Gasteiger partial charge on any atom is 0.300 e. The van der Waals surface area contributed by atoms with Crippen LogP contribution in [0.2, 0.25) is 0 Å². The van der Waals surface area contributed by atoms with Crippen molar-refractivity contribution in [1.82, 2.24) is 0 Å². The van der Waals surface area contributed by atoms with E-state index < -0.39 is 17.7 Å². The fraction of sp³-hybridized carbons (Fsp3) is 0.233. The fourth-order valence-corrected chi connectivity index (χ4v) is 4.51. The minimum absolute atomic E-state index is 0.0597. The number of nitrogens with zero attached hydrogens (tertiary/aromatic N) is 2. The molecule has 1 unspecified atom stereocenters. The summed E-state index contributed by atoms with van der Waals surface area (Å²) in [6.07, 6.45) is 0. The molecule has 0 aliphatic carbocycles. The van der Waals surface area contributed by atoms with Crippen molar-refractivity contribution in [2.24, 2.45) is 0 Å². The van der Waals surface area contributed by atoms with E-state index in [4.69, 9.17) is 14.2 Å². The van der Waals surface area contributed by atoms with Crippen molar-refractivity contribution in [2.75, 3.05) is 25.2 Å². The summed E-state index contributed by atoms with van der Waals surface area (Å²) >= 11 is 0. The molecule has 194 valence electrons. The number of nitriles is 1. The highest BCUT2D eigenvalue weighted by Crippen LogP contribution is 2.44. The quantitative estimate of drug-likeness (QED) is 0.248. The number of carbonyl (C=O) groups excluding carboxylic acids is 2. The standard InChI is InChI=1S/C30H28N2O6/c1-5-37-23-13-10-21(15-18(23)3)28(33)26-27(20-9-14-24(36-4)25(16-20)38-6-2)32(30(35)29(26)34)22-11-7-19(17-31)8-12-22/h7-16,27,33H,5-6H2,1-4H3/b28-26-. The van der Waals surface area contributed by atoms with Gasteiger partial charge in [-0.3, -0.25) is 14.5 Å². The number of hydrogen-bond acceptors (Lipinski definition) is 7. The number of carbonyl (C=O) groups is 2. The molecule has 1 amide bonds. The molecule has 38 heavy (non-hydrogen) atoms. The van der Waals surface area contributed by atoms with Crippen LogP contribution in [0.25, 0.3) is 5.76 Å². The maximum absolute atomic E-state index is 13.5. The van der Waals surface area contributed by atoms with Crippen molar-refractivity contribution >= 4 is 23.1 Å². The molecule has 0 bridgehead atoms. The Hall–Kier alpha value is -4.77. The van der Waals surface area contributed by atoms with Gasteiger partial charge in [-0.2, -0.15) is 5.26 Å². The summed E-state index contributed by atoms with van der Waals surface area (Å²) < 4.78 is 16.8. The van der Waals surface area contributed by atoms with Gasteiger partial charge in [0.1, 0.15) is 11.5 Å². The lowest BCUT2D eigenvalue weighted by Gasteiger charge is -2.26. The van der Waals surface area contributed by atoms with E-state index >= 15 is 0 Å². The van der Waals surface area contributed by atoms with Crippen molar-refractivity contribution in [3.05, 3.63) is 88.5 Å². The lowest BCUT2D eigenvalue weighted by atomic mass is 9.94. The van der Waals surface area contributed by atoms with Gasteiger partial charge >= 0.3 is 0 Å². The van der Waals surface area contributed by atoms with Gasteiger partial charge in [0.25, 0.3) is 11.7 Å². The van der Waals surface area contributed by atoms with E-state index in [1.54, 1.807) is 60.7 Å². The van der Waals surface area contributed by atoms with Crippen LogP contribution >= 0.6 is 0 Å². The number of aliphatic hydroxyl groups is 1. The van der Waals surface area contributed by atoms with E-state index in [9.17, 15) is 20.0 Å². The van der Waals surface area contributed by atoms with Gasteiger partial charge in [0, 0.05) is 11.3 Å². The highest BCUT2D eigenvalue weighted by Gasteiger charge is 2.47. The summed E-state index contributed by atoms with van der Waals surface area (Å²) in [6, 6.07) is 17.6. The minimum Gasteiger partial charge on any atom is -0.507 e. The first-order valence-electron chi connectivity index (χ1n) is 12.2. The molecule has 1 saturated heterocycles. The zero-order valence-electron chi connectivity index (χ0n) is 21.6. The number of hydrogen-bond donors (Lipinski definition) is 1. The van der Waals surface area contributed by atoms with Gasteiger partial charge in [-0.15, -0.1) is 0 Å². The molecule has 0 aromatic heterocycles. The number of Topliss-reactive ketones (excluding diaryl/α,β-unsaturated/α-hetero) is 1. The molecule has 8 heteroatoms. The smallest absolute Gasteiger partial charge is 0.300 e. The second-order valence-electron chi connectivity index (χ2n) is 8.58. The Kier molecular flexibility index (Phi) is 7.68. The Labute approximate surface area is 221 Å². The Morgan fingerprint density at radius 1 is 0.947 bits per heavy atom. The summed E-state index contributed by atoms with van der Waals surface area (Å²) in [6.45, 7) is 6.42. The van der Waals surface area contributed by atoms with Crippen LogP contribution in [-0.4, -0.2) is 37.1 Å². The molecule has 0 radical (unpaired) electrons. The summed E-state index contributed by atoms with van der Waals surface area (Å²) in [4.78, 5) is 28.2. The van der Waals surface area contributed by atoms with Gasteiger partial charge in [-0.1, -0.05) is 6.07 Å². The zero-order chi connectivity index (χ0) is 27.4. The molecule has 0 saturated carbocycles. The lowest BCUT2D eigenvalue weighted by Crippen LogP contribution is -2.29. The third kappa shape index (κ3) is 4.78. The van der Waals surface area contributed by atoms with Gasteiger partial charge < -0.3 is 19.3 Å². The Bertz CT molecular complexity index is 1450. The van der Waals surface area contributed by atoms with E-state index in [0.717, 1.165) is 5.56 Å². The number of benzene rings is 3. The molecular weight excluding hydrogens is 484 g/mol. The van der Waals surface area contributed by atoms with Crippen LogP contribution in [0.3, 0.4) is 0 Å². The molecule has 4 rings (SSSR count). The molecule has 1 N–H and O–H groups in total. The van der Waals surface area contributed by atoms with Crippen LogP contribution in [0.15, 0.2) is 66.2 Å². The van der Waals surface area contributed by atoms with Gasteiger partial charge in [-0.25, -0.2) is 0 Å². The fourth-order valence-electron chi connectivity index (χ4n) is 4.51. The van der Waals surface area contributed by atoms with Crippen molar-refractivity contribution < 1.29 is 28.9 Å². The van der Waals surface area contributed by atoms with Crippen molar-refractivity contribution in [3.8, 4) is 23.3 Å². The average molecular weight is 513 g/mol. The number of ketones is 1. The number of methoxy groups -OCH3 is 1. The minimum atomic E-state index is -0.958. The highest BCUT2D eigenvalue weighted by atomic mass is 16.5. The van der Waals surface area contributed by atoms with E-state index in [1.807, 2.05) is 26.8 Å². The summed E-state index contributed by atoms with van der Waals surface area (Å²) in [7, 11) is 1.52. The zero-order valence-corrected chi connectivity index (χ0v) is 21.6. The van der Waals surface area contributed by atoms with Crippen LogP contribution in [0.5, 0.6) is 17.2 Å². The monoisotopic (exact) mass is 512 g/mol. The first kappa shape index (κ1) is 26.3. The van der Waals surface area contributed by atoms with Crippen molar-refractivity contribution in [2.45, 2.75) is 26.8 Å². The Morgan fingerprint density at radius 3 is 2.21 bits per heavy atom. The predicted molar refractivity (Wildman–Crippen MR) is 142 cm³/mol. The molecule has 0 spiro atoms. The van der Waals surface area contributed by atoms with Crippen molar-refractivity contribution in [1.29, 1.82) is 5.26 Å². The molecule has 1 aliphatic rings. The van der Waals surface area contributed by atoms with Gasteiger partial charge in [0.2, 0.25) is 0 Å². The molecule has 1 atom stereocenters. The number of rotatable bonds is 8. The maximum atomic E-state index is 13.5.